The Hall–Kier alpha value is -1.89. The third-order valence-electron chi connectivity index (χ3n) is 5.50. The van der Waals surface area contributed by atoms with Gasteiger partial charge >= 0.3 is 0 Å². The first-order chi connectivity index (χ1) is 13.3. The smallest absolute Gasteiger partial charge is 0.243 e. The first kappa shape index (κ1) is 20.8. The van der Waals surface area contributed by atoms with Gasteiger partial charge in [0.15, 0.2) is 0 Å². The van der Waals surface area contributed by atoms with E-state index < -0.39 is 15.4 Å². The van der Waals surface area contributed by atoms with Gasteiger partial charge in [-0.1, -0.05) is 62.2 Å². The molecule has 1 N–H and O–H groups in total. The van der Waals surface area contributed by atoms with Crippen LogP contribution in [0.5, 0.6) is 0 Å². The third kappa shape index (κ3) is 3.69. The van der Waals surface area contributed by atoms with Crippen molar-refractivity contribution in [3.63, 3.8) is 0 Å². The Morgan fingerprint density at radius 2 is 1.75 bits per heavy atom. The molecular formula is C21H25ClN2O3S. The monoisotopic (exact) mass is 420 g/mol. The Morgan fingerprint density at radius 1 is 1.11 bits per heavy atom. The van der Waals surface area contributed by atoms with Crippen molar-refractivity contribution in [3.05, 3.63) is 59.1 Å². The van der Waals surface area contributed by atoms with E-state index in [1.165, 1.54) is 22.5 Å². The zero-order valence-corrected chi connectivity index (χ0v) is 17.7. The summed E-state index contributed by atoms with van der Waals surface area (Å²) < 4.78 is 27.0. The number of hydrogen-bond acceptors (Lipinski definition) is 3. The van der Waals surface area contributed by atoms with Crippen molar-refractivity contribution in [2.45, 2.75) is 43.4 Å². The van der Waals surface area contributed by atoms with Crippen molar-refractivity contribution in [3.8, 4) is 0 Å². The second-order valence-corrected chi connectivity index (χ2v) is 9.33. The second kappa shape index (κ2) is 8.23. The number of carbonyl (C=O) groups is 1. The lowest BCUT2D eigenvalue weighted by atomic mass is 9.64. The van der Waals surface area contributed by atoms with E-state index in [1.54, 1.807) is 13.8 Å². The Kier molecular flexibility index (Phi) is 6.12. The maximum atomic E-state index is 13.1. The van der Waals surface area contributed by atoms with Crippen LogP contribution in [0.15, 0.2) is 53.4 Å². The van der Waals surface area contributed by atoms with Gasteiger partial charge in [0, 0.05) is 13.1 Å². The maximum absolute atomic E-state index is 13.1. The number of amides is 1. The molecule has 2 aromatic rings. The molecule has 150 valence electrons. The molecule has 1 aliphatic carbocycles. The molecule has 0 saturated heterocycles. The number of nitrogens with one attached hydrogen (secondary N) is 1. The largest absolute Gasteiger partial charge is 0.324 e. The number of benzene rings is 2. The van der Waals surface area contributed by atoms with Gasteiger partial charge in [-0.25, -0.2) is 8.42 Å². The molecule has 7 heteroatoms. The van der Waals surface area contributed by atoms with E-state index in [4.69, 9.17) is 11.6 Å². The number of sulfonamides is 1. The van der Waals surface area contributed by atoms with Gasteiger partial charge in [0.05, 0.1) is 21.0 Å². The second-order valence-electron chi connectivity index (χ2n) is 6.99. The number of anilines is 1. The zero-order valence-electron chi connectivity index (χ0n) is 16.1. The van der Waals surface area contributed by atoms with Crippen LogP contribution in [-0.2, 0) is 20.2 Å². The molecule has 5 nitrogen and oxygen atoms in total. The molecule has 0 spiro atoms. The van der Waals surface area contributed by atoms with E-state index in [9.17, 15) is 13.2 Å². The third-order valence-corrected chi connectivity index (χ3v) is 7.87. The highest BCUT2D eigenvalue weighted by Crippen LogP contribution is 2.45. The van der Waals surface area contributed by atoms with Crippen LogP contribution in [0, 0.1) is 0 Å². The van der Waals surface area contributed by atoms with E-state index in [0.717, 1.165) is 24.8 Å². The van der Waals surface area contributed by atoms with Crippen LogP contribution < -0.4 is 5.32 Å². The van der Waals surface area contributed by atoms with Crippen LogP contribution in [0.3, 0.4) is 0 Å². The quantitative estimate of drug-likeness (QED) is 0.720. The molecule has 1 saturated carbocycles. The SMILES string of the molecule is CCN(CC)S(=O)(=O)c1ccc(Cl)c(NC(=O)C2(c3ccccc3)CCC2)c1. The molecule has 0 atom stereocenters. The van der Waals surface area contributed by atoms with Crippen molar-refractivity contribution in [2.24, 2.45) is 0 Å². The molecule has 0 unspecified atom stereocenters. The zero-order chi connectivity index (χ0) is 20.4. The first-order valence-corrected chi connectivity index (χ1v) is 11.3. The highest BCUT2D eigenvalue weighted by atomic mass is 35.5. The van der Waals surface area contributed by atoms with Gasteiger partial charge in [-0.15, -0.1) is 0 Å². The van der Waals surface area contributed by atoms with E-state index in [-0.39, 0.29) is 10.8 Å². The predicted molar refractivity (Wildman–Crippen MR) is 112 cm³/mol. The average Bonchev–Trinajstić information content (AvgIpc) is 2.64. The number of hydrogen-bond donors (Lipinski definition) is 1. The minimum Gasteiger partial charge on any atom is -0.324 e. The van der Waals surface area contributed by atoms with Crippen LogP contribution in [-0.4, -0.2) is 31.7 Å². The molecular weight excluding hydrogens is 396 g/mol. The molecule has 0 aliphatic heterocycles. The number of rotatable bonds is 7. The lowest BCUT2D eigenvalue weighted by molar-refractivity contribution is -0.124. The van der Waals surface area contributed by atoms with Gasteiger partial charge in [-0.2, -0.15) is 4.31 Å². The minimum absolute atomic E-state index is 0.123. The first-order valence-electron chi connectivity index (χ1n) is 9.52. The Morgan fingerprint density at radius 3 is 2.29 bits per heavy atom. The van der Waals surface area contributed by atoms with Crippen LogP contribution in [0.25, 0.3) is 0 Å². The van der Waals surface area contributed by atoms with Crippen molar-refractivity contribution in [1.82, 2.24) is 4.31 Å². The van der Waals surface area contributed by atoms with Crippen molar-refractivity contribution in [1.29, 1.82) is 0 Å². The summed E-state index contributed by atoms with van der Waals surface area (Å²) in [6.07, 6.45) is 2.50. The van der Waals surface area contributed by atoms with Crippen LogP contribution in [0.4, 0.5) is 5.69 Å². The summed E-state index contributed by atoms with van der Waals surface area (Å²) in [5.74, 6) is -0.149. The highest BCUT2D eigenvalue weighted by Gasteiger charge is 2.45. The number of halogens is 1. The molecule has 0 radical (unpaired) electrons. The summed E-state index contributed by atoms with van der Waals surface area (Å²) in [5, 5.41) is 3.20. The molecule has 1 fully saturated rings. The molecule has 28 heavy (non-hydrogen) atoms. The van der Waals surface area contributed by atoms with Gasteiger partial charge in [0.2, 0.25) is 15.9 Å². The van der Waals surface area contributed by atoms with E-state index in [0.29, 0.717) is 23.8 Å². The number of carbonyl (C=O) groups excluding carboxylic acids is 1. The summed E-state index contributed by atoms with van der Waals surface area (Å²) >= 11 is 6.27. The summed E-state index contributed by atoms with van der Waals surface area (Å²) in [7, 11) is -3.63. The fraction of sp³-hybridized carbons (Fsp3) is 0.381. The van der Waals surface area contributed by atoms with Crippen molar-refractivity contribution < 1.29 is 13.2 Å². The van der Waals surface area contributed by atoms with Gasteiger partial charge < -0.3 is 5.32 Å². The Balaban J connectivity index is 1.91. The Labute approximate surface area is 171 Å². The van der Waals surface area contributed by atoms with Crippen LogP contribution in [0.2, 0.25) is 5.02 Å². The standard InChI is InChI=1S/C21H25ClN2O3S/c1-3-24(4-2)28(26,27)17-11-12-18(22)19(15-17)23-20(25)21(13-8-14-21)16-9-6-5-7-10-16/h5-7,9-12,15H,3-4,8,13-14H2,1-2H3,(H,23,25). The lowest BCUT2D eigenvalue weighted by Crippen LogP contribution is -2.46. The molecule has 3 rings (SSSR count). The van der Waals surface area contributed by atoms with Crippen LogP contribution >= 0.6 is 11.6 Å². The fourth-order valence-electron chi connectivity index (χ4n) is 3.65. The maximum Gasteiger partial charge on any atom is 0.243 e. The molecule has 0 bridgehead atoms. The molecule has 1 amide bonds. The molecule has 0 heterocycles. The molecule has 0 aromatic heterocycles. The lowest BCUT2D eigenvalue weighted by Gasteiger charge is -2.40. The fourth-order valence-corrected chi connectivity index (χ4v) is 5.30. The topological polar surface area (TPSA) is 66.5 Å². The minimum atomic E-state index is -3.63. The van der Waals surface area contributed by atoms with Gasteiger partial charge in [0.25, 0.3) is 0 Å². The molecule has 2 aromatic carbocycles. The molecule has 1 aliphatic rings. The van der Waals surface area contributed by atoms with Crippen LogP contribution in [0.1, 0.15) is 38.7 Å². The van der Waals surface area contributed by atoms with E-state index in [1.807, 2.05) is 30.3 Å². The van der Waals surface area contributed by atoms with Gasteiger partial charge in [-0.3, -0.25) is 4.79 Å². The van der Waals surface area contributed by atoms with E-state index in [2.05, 4.69) is 5.32 Å². The number of nitrogens with zero attached hydrogens (tertiary/aromatic N) is 1. The average molecular weight is 421 g/mol. The summed E-state index contributed by atoms with van der Waals surface area (Å²) in [4.78, 5) is 13.3. The Bertz CT molecular complexity index is 953. The summed E-state index contributed by atoms with van der Waals surface area (Å²) in [5.41, 5.74) is 0.710. The van der Waals surface area contributed by atoms with E-state index >= 15 is 0 Å². The van der Waals surface area contributed by atoms with Gasteiger partial charge in [-0.05, 0) is 36.6 Å². The van der Waals surface area contributed by atoms with Crippen molar-refractivity contribution in [2.75, 3.05) is 18.4 Å². The normalized spacial score (nSPS) is 15.9. The van der Waals surface area contributed by atoms with Crippen molar-refractivity contribution >= 4 is 33.2 Å². The summed E-state index contributed by atoms with van der Waals surface area (Å²) in [6.45, 7) is 4.33. The van der Waals surface area contributed by atoms with Gasteiger partial charge in [0.1, 0.15) is 0 Å². The highest BCUT2D eigenvalue weighted by molar-refractivity contribution is 7.89. The summed E-state index contributed by atoms with van der Waals surface area (Å²) in [6, 6.07) is 14.1. The predicted octanol–water partition coefficient (Wildman–Crippen LogP) is 4.43.